The molecule has 110 valence electrons. The largest absolute Gasteiger partial charge is 0.822 e. The minimum atomic E-state index is -5.39. The molecule has 17 heavy (non-hydrogen) atoms. The number of phosphoric acid groups is 1. The molecule has 0 radical (unpaired) electrons. The predicted molar refractivity (Wildman–Crippen MR) is 76.8 cm³/mol. The molecule has 3 N–H and O–H groups in total. The van der Waals surface area contributed by atoms with E-state index < -0.39 is 7.82 Å². The normalized spacial score (nSPS) is 9.29. The Balaban J connectivity index is -0.0000000667. The van der Waals surface area contributed by atoms with Crippen molar-refractivity contribution in [1.82, 2.24) is 0 Å². The van der Waals surface area contributed by atoms with E-state index >= 15 is 0 Å². The van der Waals surface area contributed by atoms with Crippen LogP contribution in [0.5, 0.6) is 0 Å². The van der Waals surface area contributed by atoms with Crippen LogP contribution in [0.4, 0.5) is 0 Å². The van der Waals surface area contributed by atoms with Crippen molar-refractivity contribution in [3.8, 4) is 0 Å². The molecular formula is C6H24O7P4. The summed E-state index contributed by atoms with van der Waals surface area (Å²) in [5.74, 6) is 0. The summed E-state index contributed by atoms with van der Waals surface area (Å²) in [5.41, 5.74) is 0. The highest BCUT2D eigenvalue weighted by Gasteiger charge is 1.64. The topological polar surface area (TPSA) is 147 Å². The lowest BCUT2D eigenvalue weighted by atomic mass is 10.9. The molecule has 0 bridgehead atoms. The molecule has 11 heteroatoms. The third-order valence-electron chi connectivity index (χ3n) is 0.474. The maximum Gasteiger partial charge on any atom is 0.0762 e. The van der Waals surface area contributed by atoms with E-state index in [2.05, 4.69) is 0 Å². The molecule has 0 aliphatic heterocycles. The van der Waals surface area contributed by atoms with Gasteiger partial charge in [-0.05, 0) is 27.7 Å². The second-order valence-corrected chi connectivity index (χ2v) is 5.19. The summed E-state index contributed by atoms with van der Waals surface area (Å²) in [6.45, 7) is 0.995. The first kappa shape index (κ1) is 26.8. The second-order valence-electron chi connectivity index (χ2n) is 2.18. The van der Waals surface area contributed by atoms with Crippen molar-refractivity contribution in [2.24, 2.45) is 0 Å². The van der Waals surface area contributed by atoms with Gasteiger partial charge in [-0.1, -0.05) is 0 Å². The minimum Gasteiger partial charge on any atom is -0.822 e. The van der Waals surface area contributed by atoms with Gasteiger partial charge in [-0.15, -0.1) is 0 Å². The molecule has 0 saturated heterocycles. The molecule has 0 amide bonds. The van der Waals surface area contributed by atoms with Gasteiger partial charge in [0.15, 0.2) is 0 Å². The average Bonchev–Trinajstić information content (AvgIpc) is 2.27. The zero-order valence-electron chi connectivity index (χ0n) is 9.79. The van der Waals surface area contributed by atoms with Crippen LogP contribution in [-0.4, -0.2) is 53.6 Å². The van der Waals surface area contributed by atoms with E-state index in [-0.39, 0.29) is 0 Å². The zero-order valence-corrected chi connectivity index (χ0v) is 14.9. The van der Waals surface area contributed by atoms with Crippen molar-refractivity contribution in [3.63, 3.8) is 0 Å². The Hall–Kier alpha value is 1.28. The lowest BCUT2D eigenvalue weighted by Crippen LogP contribution is -2.24. The van der Waals surface area contributed by atoms with Crippen molar-refractivity contribution in [2.45, 2.75) is 0 Å². The van der Waals surface area contributed by atoms with Gasteiger partial charge in [0.05, 0.1) is 38.3 Å². The Morgan fingerprint density at radius 3 is 0.824 bits per heavy atom. The van der Waals surface area contributed by atoms with Crippen LogP contribution in [0.3, 0.4) is 0 Å². The number of aliphatic hydroxyl groups is 3. The van der Waals surface area contributed by atoms with Crippen molar-refractivity contribution in [1.29, 1.82) is 0 Å². The van der Waals surface area contributed by atoms with E-state index in [0.717, 1.165) is 18.5 Å². The summed E-state index contributed by atoms with van der Waals surface area (Å²) in [7, 11) is -0.0718. The number of hydrogen-bond acceptors (Lipinski definition) is 7. The lowest BCUT2D eigenvalue weighted by Gasteiger charge is -2.36. The van der Waals surface area contributed by atoms with Gasteiger partial charge in [0.25, 0.3) is 0 Å². The third-order valence-corrected chi connectivity index (χ3v) is 1.42. The van der Waals surface area contributed by atoms with Crippen LogP contribution in [0.15, 0.2) is 0 Å². The molecule has 0 heterocycles. The quantitative estimate of drug-likeness (QED) is 0.445. The Morgan fingerprint density at radius 1 is 0.765 bits per heavy atom. The monoisotopic (exact) mass is 332 g/mol. The van der Waals surface area contributed by atoms with Crippen LogP contribution in [0.25, 0.3) is 0 Å². The number of aliphatic hydroxyl groups excluding tert-OH is 3. The lowest BCUT2D eigenvalue weighted by molar-refractivity contribution is -0.432. The smallest absolute Gasteiger partial charge is 0.0762 e. The van der Waals surface area contributed by atoms with Crippen molar-refractivity contribution in [3.05, 3.63) is 0 Å². The van der Waals surface area contributed by atoms with Gasteiger partial charge in [0.1, 0.15) is 0 Å². The molecule has 7 nitrogen and oxygen atoms in total. The van der Waals surface area contributed by atoms with Gasteiger partial charge in [-0.2, -0.15) is 7.82 Å². The van der Waals surface area contributed by atoms with E-state index in [1.807, 2.05) is 0 Å². The molecule has 3 atom stereocenters. The van der Waals surface area contributed by atoms with Gasteiger partial charge in [-0.3, -0.25) is 0 Å². The summed E-state index contributed by atoms with van der Waals surface area (Å²) in [6, 6.07) is 0. The van der Waals surface area contributed by atoms with Crippen LogP contribution in [-0.2, 0) is 4.57 Å². The standard InChI is InChI=1S/3C2H7OP.H3O4P/c3*3-1-2-4;1-5(2,3)4/h3*3H,1-2,4H2;(H3,1,2,3,4). The Kier molecular flexibility index (Phi) is 40.9. The van der Waals surface area contributed by atoms with Crippen molar-refractivity contribution in [2.75, 3.05) is 38.3 Å². The van der Waals surface area contributed by atoms with Crippen LogP contribution in [0, 0.1) is 0 Å². The van der Waals surface area contributed by atoms with E-state index in [0.29, 0.717) is 19.8 Å². The molecule has 0 fully saturated rings. The summed E-state index contributed by atoms with van der Waals surface area (Å²) >= 11 is 0. The van der Waals surface area contributed by atoms with Crippen LogP contribution in [0.1, 0.15) is 0 Å². The van der Waals surface area contributed by atoms with E-state index in [1.54, 1.807) is 27.7 Å². The summed E-state index contributed by atoms with van der Waals surface area (Å²) < 4.78 is 8.55. The fourth-order valence-electron chi connectivity index (χ4n) is 0. The average molecular weight is 332 g/mol. The van der Waals surface area contributed by atoms with Gasteiger partial charge < -0.3 is 34.6 Å². The first-order valence-corrected chi connectivity index (χ1v) is 9.14. The zero-order chi connectivity index (χ0) is 14.7. The van der Waals surface area contributed by atoms with E-state index in [4.69, 9.17) is 34.6 Å². The molecule has 0 aromatic carbocycles. The Bertz CT molecular complexity index is 119. The summed E-state index contributed by atoms with van der Waals surface area (Å²) in [4.78, 5) is 25.6. The molecule has 0 rings (SSSR count). The molecule has 0 spiro atoms. The second kappa shape index (κ2) is 26.0. The molecule has 0 saturated carbocycles. The predicted octanol–water partition coefficient (Wildman–Crippen LogP) is -4.07. The summed E-state index contributed by atoms with van der Waals surface area (Å²) in [5, 5.41) is 23.6. The Labute approximate surface area is 109 Å². The van der Waals surface area contributed by atoms with Crippen LogP contribution >= 0.6 is 35.5 Å². The van der Waals surface area contributed by atoms with Gasteiger partial charge in [0.2, 0.25) is 0 Å². The molecule has 0 aliphatic rings. The molecule has 0 aliphatic carbocycles. The van der Waals surface area contributed by atoms with Crippen molar-refractivity contribution < 1.29 is 34.6 Å². The minimum absolute atomic E-state index is 0.332. The first-order valence-electron chi connectivity index (χ1n) is 4.68. The highest BCUT2D eigenvalue weighted by Crippen LogP contribution is 2.03. The maximum absolute atomic E-state index is 8.55. The highest BCUT2D eigenvalue weighted by molar-refractivity contribution is 7.40. The highest BCUT2D eigenvalue weighted by atomic mass is 31.2. The molecule has 3 unspecified atom stereocenters. The van der Waals surface area contributed by atoms with Gasteiger partial charge in [-0.25, -0.2) is 0 Å². The van der Waals surface area contributed by atoms with E-state index in [9.17, 15) is 0 Å². The third kappa shape index (κ3) is 220. The maximum atomic E-state index is 8.55. The molecule has 0 aromatic heterocycles. The fraction of sp³-hybridized carbons (Fsp3) is 1.00. The molecular weight excluding hydrogens is 308 g/mol. The van der Waals surface area contributed by atoms with Crippen molar-refractivity contribution >= 4 is 35.5 Å². The Morgan fingerprint density at radius 2 is 0.824 bits per heavy atom. The first-order chi connectivity index (χ1) is 7.74. The van der Waals surface area contributed by atoms with Gasteiger partial charge in [0, 0.05) is 0 Å². The number of hydrogen-bond donors (Lipinski definition) is 3. The SMILES string of the molecule is O=P([O-])([O-])[O-].OCC[PH3+].OCC[PH3+].OCC[PH3+]. The van der Waals surface area contributed by atoms with Crippen LogP contribution in [0.2, 0.25) is 0 Å². The molecule has 0 aromatic rings. The van der Waals surface area contributed by atoms with E-state index in [1.165, 1.54) is 0 Å². The van der Waals surface area contributed by atoms with Gasteiger partial charge >= 0.3 is 0 Å². The number of rotatable bonds is 3. The summed E-state index contributed by atoms with van der Waals surface area (Å²) in [6.07, 6.45) is 2.71. The van der Waals surface area contributed by atoms with Crippen LogP contribution < -0.4 is 14.7 Å². The fourth-order valence-corrected chi connectivity index (χ4v) is 0.